The van der Waals surface area contributed by atoms with Gasteiger partial charge < -0.3 is 9.30 Å². The fourth-order valence-corrected chi connectivity index (χ4v) is 9.13. The van der Waals surface area contributed by atoms with Crippen LogP contribution in [0.1, 0.15) is 0 Å². The van der Waals surface area contributed by atoms with E-state index in [1.807, 2.05) is 73.1 Å². The van der Waals surface area contributed by atoms with Crippen molar-refractivity contribution in [1.82, 2.24) is 4.98 Å². The summed E-state index contributed by atoms with van der Waals surface area (Å²) in [6.07, 6.45) is 3.68. The molecule has 3 nitrogen and oxygen atoms in total. The number of hydrogen-bond acceptors (Lipinski definition) is 3. The van der Waals surface area contributed by atoms with Crippen molar-refractivity contribution in [1.29, 1.82) is 0 Å². The molecule has 8 rings (SSSR count). The molecule has 6 aromatic carbocycles. The zero-order valence-corrected chi connectivity index (χ0v) is 23.0. The number of hydrogen-bond donors (Lipinski definition) is 0. The van der Waals surface area contributed by atoms with Crippen molar-refractivity contribution in [2.24, 2.45) is 0 Å². The second-order valence-corrected chi connectivity index (χ2v) is 13.0. The molecular weight excluding hydrogens is 521 g/mol. The number of fused-ring (bicyclic) bond motifs is 4. The molecular formula is C37H24NO2P. The van der Waals surface area contributed by atoms with E-state index in [1.165, 1.54) is 5.56 Å². The van der Waals surface area contributed by atoms with Gasteiger partial charge in [-0.05, 0) is 80.2 Å². The second kappa shape index (κ2) is 9.30. The average Bonchev–Trinajstić information content (AvgIpc) is 3.04. The van der Waals surface area contributed by atoms with E-state index in [0.29, 0.717) is 11.5 Å². The summed E-state index contributed by atoms with van der Waals surface area (Å²) in [5.41, 5.74) is 4.45. The molecule has 0 amide bonds. The molecule has 2 heterocycles. The fraction of sp³-hybridized carbons (Fsp3) is 0. The minimum absolute atomic E-state index is 0.640. The Morgan fingerprint density at radius 1 is 0.488 bits per heavy atom. The fourth-order valence-electron chi connectivity index (χ4n) is 6.24. The van der Waals surface area contributed by atoms with Gasteiger partial charge >= 0.3 is 0 Å². The summed E-state index contributed by atoms with van der Waals surface area (Å²) in [6.45, 7) is 0. The number of rotatable bonds is 3. The molecule has 0 aliphatic carbocycles. The van der Waals surface area contributed by atoms with Crippen molar-refractivity contribution in [2.45, 2.75) is 0 Å². The summed E-state index contributed by atoms with van der Waals surface area (Å²) in [4.78, 5) is 4.25. The summed E-state index contributed by atoms with van der Waals surface area (Å²) >= 11 is 0. The maximum absolute atomic E-state index is 15.3. The molecule has 0 bridgehead atoms. The van der Waals surface area contributed by atoms with Gasteiger partial charge in [0, 0.05) is 17.7 Å². The molecule has 0 fully saturated rings. The Balaban J connectivity index is 1.45. The van der Waals surface area contributed by atoms with Gasteiger partial charge in [-0.25, -0.2) is 0 Å². The van der Waals surface area contributed by atoms with Gasteiger partial charge in [0.05, 0.1) is 10.6 Å². The lowest BCUT2D eigenvalue weighted by Crippen LogP contribution is -2.30. The normalized spacial score (nSPS) is 15.7. The maximum atomic E-state index is 15.3. The van der Waals surface area contributed by atoms with Crippen molar-refractivity contribution in [2.75, 3.05) is 0 Å². The van der Waals surface area contributed by atoms with E-state index in [0.717, 1.165) is 54.1 Å². The van der Waals surface area contributed by atoms with Crippen LogP contribution in [0.5, 0.6) is 11.5 Å². The third-order valence-corrected chi connectivity index (χ3v) is 11.1. The minimum atomic E-state index is -3.20. The Morgan fingerprint density at radius 2 is 1.02 bits per heavy atom. The van der Waals surface area contributed by atoms with Crippen LogP contribution in [0.2, 0.25) is 0 Å². The summed E-state index contributed by atoms with van der Waals surface area (Å²) in [5.74, 6) is 1.29. The monoisotopic (exact) mass is 545 g/mol. The molecule has 0 saturated heterocycles. The zero-order valence-electron chi connectivity index (χ0n) is 22.1. The number of ether oxygens (including phenoxy) is 1. The van der Waals surface area contributed by atoms with Crippen LogP contribution in [-0.4, -0.2) is 4.98 Å². The van der Waals surface area contributed by atoms with E-state index in [-0.39, 0.29) is 0 Å². The van der Waals surface area contributed by atoms with Crippen molar-refractivity contribution >= 4 is 44.6 Å². The van der Waals surface area contributed by atoms with Gasteiger partial charge in [-0.15, -0.1) is 0 Å². The van der Waals surface area contributed by atoms with E-state index in [1.54, 1.807) is 0 Å². The Morgan fingerprint density at radius 3 is 1.68 bits per heavy atom. The third-order valence-electron chi connectivity index (χ3n) is 8.03. The second-order valence-electron chi connectivity index (χ2n) is 10.3. The number of para-hydroxylation sites is 1. The lowest BCUT2D eigenvalue weighted by Gasteiger charge is -2.29. The Kier molecular flexibility index (Phi) is 5.41. The number of pyridine rings is 1. The molecule has 41 heavy (non-hydrogen) atoms. The van der Waals surface area contributed by atoms with Crippen molar-refractivity contribution in [3.05, 3.63) is 146 Å². The van der Waals surface area contributed by atoms with E-state index >= 15 is 4.57 Å². The van der Waals surface area contributed by atoms with Crippen molar-refractivity contribution in [3.8, 4) is 33.8 Å². The highest BCUT2D eigenvalue weighted by molar-refractivity contribution is 7.85. The summed E-state index contributed by atoms with van der Waals surface area (Å²) in [7, 11) is -3.20. The highest BCUT2D eigenvalue weighted by Gasteiger charge is 2.39. The van der Waals surface area contributed by atoms with Crippen LogP contribution in [-0.2, 0) is 4.57 Å². The van der Waals surface area contributed by atoms with Crippen LogP contribution in [0.4, 0.5) is 0 Å². The van der Waals surface area contributed by atoms with E-state index < -0.39 is 7.14 Å². The molecule has 0 spiro atoms. The van der Waals surface area contributed by atoms with E-state index in [2.05, 4.69) is 77.8 Å². The molecule has 0 N–H and O–H groups in total. The number of nitrogens with zero attached hydrogens (tertiary/aromatic N) is 1. The minimum Gasteiger partial charge on any atom is -0.456 e. The predicted octanol–water partition coefficient (Wildman–Crippen LogP) is 8.47. The third kappa shape index (κ3) is 3.60. The van der Waals surface area contributed by atoms with Crippen molar-refractivity contribution in [3.63, 3.8) is 0 Å². The molecule has 0 radical (unpaired) electrons. The molecule has 1 unspecified atom stereocenters. The number of benzene rings is 6. The summed E-state index contributed by atoms with van der Waals surface area (Å²) < 4.78 is 21.7. The Labute approximate surface area is 238 Å². The van der Waals surface area contributed by atoms with Gasteiger partial charge in [0.1, 0.15) is 11.5 Å². The lowest BCUT2D eigenvalue weighted by molar-refractivity contribution is 0.485. The average molecular weight is 546 g/mol. The molecule has 1 aliphatic heterocycles. The maximum Gasteiger partial charge on any atom is 0.178 e. The largest absolute Gasteiger partial charge is 0.456 e. The zero-order chi connectivity index (χ0) is 27.4. The molecule has 194 valence electrons. The molecule has 7 aromatic rings. The first-order valence-electron chi connectivity index (χ1n) is 13.7. The van der Waals surface area contributed by atoms with E-state index in [9.17, 15) is 0 Å². The molecule has 4 heteroatoms. The first-order valence-corrected chi connectivity index (χ1v) is 15.4. The SMILES string of the molecule is O=P1(c2ccccc2)c2ccccc2Oc2ccc(-c3c4ccccc4c(-c4ccncc4)c4ccccc34)cc21. The highest BCUT2D eigenvalue weighted by Crippen LogP contribution is 2.53. The molecule has 0 saturated carbocycles. The van der Waals surface area contributed by atoms with Gasteiger partial charge in [0.2, 0.25) is 0 Å². The Hall–Kier alpha value is -4.98. The standard InChI is InChI=1S/C37H24NO2P/c39-41(27-10-2-1-3-11-27)34-17-9-8-16-32(34)40-33-19-18-26(24-35(33)41)37-30-14-6-4-12-28(30)36(25-20-22-38-23-21-25)29-13-5-7-15-31(29)37/h1-24H. The van der Waals surface area contributed by atoms with Crippen molar-refractivity contribution < 1.29 is 9.30 Å². The lowest BCUT2D eigenvalue weighted by atomic mass is 9.86. The molecule has 1 aliphatic rings. The predicted molar refractivity (Wildman–Crippen MR) is 170 cm³/mol. The first-order chi connectivity index (χ1) is 20.2. The first kappa shape index (κ1) is 23.9. The van der Waals surface area contributed by atoms with Crippen LogP contribution in [0.25, 0.3) is 43.8 Å². The quantitative estimate of drug-likeness (QED) is 0.165. The summed E-state index contributed by atoms with van der Waals surface area (Å²) in [6, 6.07) is 44.9. The summed E-state index contributed by atoms with van der Waals surface area (Å²) in [5, 5.41) is 6.88. The van der Waals surface area contributed by atoms with Crippen LogP contribution in [0, 0.1) is 0 Å². The van der Waals surface area contributed by atoms with E-state index in [4.69, 9.17) is 4.74 Å². The van der Waals surface area contributed by atoms with Crippen LogP contribution in [0.3, 0.4) is 0 Å². The molecule has 1 atom stereocenters. The van der Waals surface area contributed by atoms with Gasteiger partial charge in [-0.2, -0.15) is 0 Å². The van der Waals surface area contributed by atoms with Gasteiger partial charge in [-0.3, -0.25) is 4.98 Å². The highest BCUT2D eigenvalue weighted by atomic mass is 31.2. The molecule has 1 aromatic heterocycles. The number of aromatic nitrogens is 1. The topological polar surface area (TPSA) is 39.2 Å². The van der Waals surface area contributed by atoms with Crippen LogP contribution in [0.15, 0.2) is 146 Å². The van der Waals surface area contributed by atoms with Crippen LogP contribution >= 0.6 is 7.14 Å². The van der Waals surface area contributed by atoms with Gasteiger partial charge in [0.25, 0.3) is 0 Å². The van der Waals surface area contributed by atoms with Crippen LogP contribution < -0.4 is 20.7 Å². The van der Waals surface area contributed by atoms with Gasteiger partial charge in [0.15, 0.2) is 7.14 Å². The smallest absolute Gasteiger partial charge is 0.178 e. The Bertz CT molecular complexity index is 2100. The van der Waals surface area contributed by atoms with Gasteiger partial charge in [-0.1, -0.05) is 97.1 Å².